The van der Waals surface area contributed by atoms with Gasteiger partial charge in [0.1, 0.15) is 0 Å². The molecule has 4 heterocycles. The molecule has 2 atom stereocenters. The molecular formula is C23H25N5O2. The number of hydrogen-bond acceptors (Lipinski definition) is 5. The molecule has 0 spiro atoms. The largest absolute Gasteiger partial charge is 0.381 e. The third kappa shape index (κ3) is 3.34. The molecule has 0 aromatic carbocycles. The Bertz CT molecular complexity index is 1010. The molecule has 2 fully saturated rings. The van der Waals surface area contributed by atoms with Gasteiger partial charge in [0.15, 0.2) is 0 Å². The lowest BCUT2D eigenvalue weighted by Gasteiger charge is -2.40. The van der Waals surface area contributed by atoms with Crippen LogP contribution in [-0.2, 0) is 17.6 Å². The van der Waals surface area contributed by atoms with Crippen molar-refractivity contribution in [3.8, 4) is 0 Å². The topological polar surface area (TPSA) is 101 Å². The van der Waals surface area contributed by atoms with Crippen LogP contribution in [-0.4, -0.2) is 44.8 Å². The van der Waals surface area contributed by atoms with Gasteiger partial charge in [-0.15, -0.1) is 0 Å². The summed E-state index contributed by atoms with van der Waals surface area (Å²) in [5, 5.41) is 3.60. The standard InChI is InChI=1S/C23H25N5O2/c24-23(30)19-13-26-20-5-1-4-18(20)22(19)27-15-10-16-6-7-17(11-15)28(16)21(29)9-14-3-2-8-25-12-14/h1-4,8,12-13,15-17H,5-7,9-11H2,(H2,24,30)(H,26,27)/t16-,17-/m0/s1. The maximum absolute atomic E-state index is 13.0. The van der Waals surface area contributed by atoms with Crippen molar-refractivity contribution < 1.29 is 9.59 Å². The van der Waals surface area contributed by atoms with E-state index in [9.17, 15) is 9.59 Å². The smallest absolute Gasteiger partial charge is 0.252 e. The molecule has 2 amide bonds. The van der Waals surface area contributed by atoms with E-state index in [0.717, 1.165) is 54.6 Å². The molecule has 30 heavy (non-hydrogen) atoms. The monoisotopic (exact) mass is 403 g/mol. The Morgan fingerprint density at radius 1 is 1.20 bits per heavy atom. The average Bonchev–Trinajstić information content (AvgIpc) is 3.31. The zero-order valence-electron chi connectivity index (χ0n) is 16.8. The van der Waals surface area contributed by atoms with Crippen LogP contribution in [0, 0.1) is 0 Å². The Morgan fingerprint density at radius 3 is 2.70 bits per heavy atom. The number of primary amides is 1. The minimum Gasteiger partial charge on any atom is -0.381 e. The Balaban J connectivity index is 1.33. The van der Waals surface area contributed by atoms with Gasteiger partial charge >= 0.3 is 0 Å². The van der Waals surface area contributed by atoms with E-state index in [1.165, 1.54) is 0 Å². The Hall–Kier alpha value is -3.22. The molecular weight excluding hydrogens is 378 g/mol. The van der Waals surface area contributed by atoms with Gasteiger partial charge in [-0.05, 0) is 37.3 Å². The molecule has 2 bridgehead atoms. The second-order valence-electron chi connectivity index (χ2n) is 8.41. The van der Waals surface area contributed by atoms with Gasteiger partial charge in [0.2, 0.25) is 5.91 Å². The molecule has 2 aromatic heterocycles. The number of fused-ring (bicyclic) bond motifs is 3. The van der Waals surface area contributed by atoms with Gasteiger partial charge in [-0.25, -0.2) is 0 Å². The van der Waals surface area contributed by atoms with Crippen molar-refractivity contribution >= 4 is 23.6 Å². The molecule has 5 rings (SSSR count). The van der Waals surface area contributed by atoms with E-state index < -0.39 is 5.91 Å². The number of nitrogens with one attached hydrogen (secondary N) is 1. The average molecular weight is 403 g/mol. The minimum absolute atomic E-state index is 0.180. The summed E-state index contributed by atoms with van der Waals surface area (Å²) in [7, 11) is 0. The normalized spacial score (nSPS) is 24.0. The lowest BCUT2D eigenvalue weighted by atomic mass is 9.95. The van der Waals surface area contributed by atoms with E-state index in [4.69, 9.17) is 5.73 Å². The number of carbonyl (C=O) groups is 2. The molecule has 2 aliphatic heterocycles. The number of amides is 2. The SMILES string of the molecule is NC(=O)c1cnc2c(c1NC1C[C@@H]3CC[C@@H](C1)N3C(=O)Cc1cccnc1)C=CC2. The zero-order valence-corrected chi connectivity index (χ0v) is 16.8. The summed E-state index contributed by atoms with van der Waals surface area (Å²) in [6, 6.07) is 4.47. The van der Waals surface area contributed by atoms with Gasteiger partial charge in [0.05, 0.1) is 23.4 Å². The predicted molar refractivity (Wildman–Crippen MR) is 114 cm³/mol. The van der Waals surface area contributed by atoms with Gasteiger partial charge in [0, 0.05) is 48.7 Å². The molecule has 2 saturated heterocycles. The third-order valence-corrected chi connectivity index (χ3v) is 6.51. The summed E-state index contributed by atoms with van der Waals surface area (Å²) in [5.74, 6) is -0.292. The van der Waals surface area contributed by atoms with Crippen LogP contribution in [0.2, 0.25) is 0 Å². The van der Waals surface area contributed by atoms with Crippen molar-refractivity contribution in [3.05, 3.63) is 59.2 Å². The van der Waals surface area contributed by atoms with Crippen molar-refractivity contribution in [1.29, 1.82) is 0 Å². The number of nitrogens with two attached hydrogens (primary N) is 1. The molecule has 2 aromatic rings. The van der Waals surface area contributed by atoms with Crippen LogP contribution < -0.4 is 11.1 Å². The van der Waals surface area contributed by atoms with E-state index in [0.29, 0.717) is 12.0 Å². The number of rotatable bonds is 5. The summed E-state index contributed by atoms with van der Waals surface area (Å²) in [4.78, 5) is 35.6. The van der Waals surface area contributed by atoms with E-state index in [-0.39, 0.29) is 24.0 Å². The highest BCUT2D eigenvalue weighted by Gasteiger charge is 2.43. The van der Waals surface area contributed by atoms with E-state index in [1.54, 1.807) is 18.6 Å². The molecule has 7 heteroatoms. The number of aromatic nitrogens is 2. The number of hydrogen-bond donors (Lipinski definition) is 2. The summed E-state index contributed by atoms with van der Waals surface area (Å²) < 4.78 is 0. The van der Waals surface area contributed by atoms with Gasteiger partial charge < -0.3 is 16.0 Å². The van der Waals surface area contributed by atoms with E-state index in [1.807, 2.05) is 18.2 Å². The van der Waals surface area contributed by atoms with Crippen LogP contribution in [0.5, 0.6) is 0 Å². The lowest BCUT2D eigenvalue weighted by molar-refractivity contribution is -0.134. The second-order valence-corrected chi connectivity index (χ2v) is 8.41. The first-order valence-corrected chi connectivity index (χ1v) is 10.5. The van der Waals surface area contributed by atoms with Gasteiger partial charge in [-0.1, -0.05) is 18.2 Å². The van der Waals surface area contributed by atoms with Crippen molar-refractivity contribution in [2.24, 2.45) is 5.73 Å². The number of piperidine rings is 1. The second kappa shape index (κ2) is 7.55. The van der Waals surface area contributed by atoms with Crippen molar-refractivity contribution in [3.63, 3.8) is 0 Å². The van der Waals surface area contributed by atoms with Crippen molar-refractivity contribution in [2.45, 2.75) is 56.7 Å². The quantitative estimate of drug-likeness (QED) is 0.798. The molecule has 0 radical (unpaired) electrons. The van der Waals surface area contributed by atoms with Crippen LogP contribution >= 0.6 is 0 Å². The number of anilines is 1. The van der Waals surface area contributed by atoms with Crippen LogP contribution in [0.1, 0.15) is 52.9 Å². The molecule has 154 valence electrons. The summed E-state index contributed by atoms with van der Waals surface area (Å²) in [6.07, 6.45) is 14.1. The molecule has 3 N–H and O–H groups in total. The fourth-order valence-electron chi connectivity index (χ4n) is 5.21. The van der Waals surface area contributed by atoms with Gasteiger partial charge in [-0.3, -0.25) is 19.6 Å². The number of carbonyl (C=O) groups excluding carboxylic acids is 2. The zero-order chi connectivity index (χ0) is 20.7. The summed E-state index contributed by atoms with van der Waals surface area (Å²) in [5.41, 5.74) is 9.73. The van der Waals surface area contributed by atoms with Gasteiger partial charge in [-0.2, -0.15) is 0 Å². The van der Waals surface area contributed by atoms with E-state index in [2.05, 4.69) is 26.3 Å². The first-order valence-electron chi connectivity index (χ1n) is 10.5. The number of nitrogens with zero attached hydrogens (tertiary/aromatic N) is 3. The minimum atomic E-state index is -0.472. The molecule has 0 unspecified atom stereocenters. The molecule has 1 aliphatic carbocycles. The third-order valence-electron chi connectivity index (χ3n) is 6.51. The molecule has 0 saturated carbocycles. The molecule has 3 aliphatic rings. The number of allylic oxidation sites excluding steroid dienone is 1. The lowest BCUT2D eigenvalue weighted by Crippen LogP contribution is -2.50. The highest BCUT2D eigenvalue weighted by Crippen LogP contribution is 2.39. The maximum atomic E-state index is 13.0. The fraction of sp³-hybridized carbons (Fsp3) is 0.391. The Kier molecular flexibility index (Phi) is 4.73. The number of pyridine rings is 2. The van der Waals surface area contributed by atoms with Crippen LogP contribution in [0.15, 0.2) is 36.8 Å². The van der Waals surface area contributed by atoms with Gasteiger partial charge in [0.25, 0.3) is 5.91 Å². The van der Waals surface area contributed by atoms with Crippen LogP contribution in [0.4, 0.5) is 5.69 Å². The van der Waals surface area contributed by atoms with E-state index >= 15 is 0 Å². The molecule has 7 nitrogen and oxygen atoms in total. The van der Waals surface area contributed by atoms with Crippen LogP contribution in [0.3, 0.4) is 0 Å². The maximum Gasteiger partial charge on any atom is 0.252 e. The highest BCUT2D eigenvalue weighted by atomic mass is 16.2. The first kappa shape index (κ1) is 18.8. The predicted octanol–water partition coefficient (Wildman–Crippen LogP) is 2.32. The summed E-state index contributed by atoms with van der Waals surface area (Å²) >= 11 is 0. The first-order chi connectivity index (χ1) is 14.6. The Morgan fingerprint density at radius 2 is 2.00 bits per heavy atom. The Labute approximate surface area is 175 Å². The fourth-order valence-corrected chi connectivity index (χ4v) is 5.21. The highest BCUT2D eigenvalue weighted by molar-refractivity contribution is 6.00. The van der Waals surface area contributed by atoms with Crippen molar-refractivity contribution in [2.75, 3.05) is 5.32 Å². The van der Waals surface area contributed by atoms with Crippen molar-refractivity contribution in [1.82, 2.24) is 14.9 Å². The van der Waals surface area contributed by atoms with Crippen LogP contribution in [0.25, 0.3) is 6.08 Å². The summed E-state index contributed by atoms with van der Waals surface area (Å²) in [6.45, 7) is 0.